The minimum absolute atomic E-state index is 0.198. The lowest BCUT2D eigenvalue weighted by atomic mass is 9.96. The first kappa shape index (κ1) is 26.9. The van der Waals surface area contributed by atoms with Crippen molar-refractivity contribution in [3.63, 3.8) is 0 Å². The van der Waals surface area contributed by atoms with Crippen LogP contribution >= 0.6 is 0 Å². The molecule has 202 valence electrons. The number of likely N-dealkylation sites (tertiary alicyclic amines) is 1. The minimum atomic E-state index is -1.11. The molecule has 2 aliphatic rings. The molecule has 0 saturated carbocycles. The molecule has 2 saturated heterocycles. The molecular formula is C30H34F2N2O4. The number of halogens is 2. The number of ether oxygens (including phenoxy) is 3. The fourth-order valence-electron chi connectivity index (χ4n) is 5.38. The van der Waals surface area contributed by atoms with E-state index in [4.69, 9.17) is 14.2 Å². The monoisotopic (exact) mass is 524 g/mol. The largest absolute Gasteiger partial charge is 0.378 e. The van der Waals surface area contributed by atoms with E-state index in [1.165, 1.54) is 24.3 Å². The standard InChI is InChI=1S/C30H34F2N2O4/c31-26-10-6-24(7-11-26)28(25-8-12-27(32)13-9-25)33-15-14-30(21-33)22-34(16-17-36-18-19-38-30)29(35)37-20-23-4-2-1-3-5-23/h1-13,28-29,35H,14-22H2. The summed E-state index contributed by atoms with van der Waals surface area (Å²) >= 11 is 0. The summed E-state index contributed by atoms with van der Waals surface area (Å²) in [4.78, 5) is 4.15. The quantitative estimate of drug-likeness (QED) is 0.464. The van der Waals surface area contributed by atoms with Crippen molar-refractivity contribution >= 4 is 0 Å². The summed E-state index contributed by atoms with van der Waals surface area (Å²) in [6.07, 6.45) is -0.384. The van der Waals surface area contributed by atoms with E-state index in [0.717, 1.165) is 29.7 Å². The van der Waals surface area contributed by atoms with Gasteiger partial charge in [0.2, 0.25) is 6.41 Å². The Labute approximate surface area is 222 Å². The van der Waals surface area contributed by atoms with Gasteiger partial charge in [-0.15, -0.1) is 0 Å². The molecule has 0 amide bonds. The van der Waals surface area contributed by atoms with Gasteiger partial charge in [-0.1, -0.05) is 54.6 Å². The highest BCUT2D eigenvalue weighted by Crippen LogP contribution is 2.37. The molecule has 2 unspecified atom stereocenters. The Bertz CT molecular complexity index is 1100. The minimum Gasteiger partial charge on any atom is -0.378 e. The van der Waals surface area contributed by atoms with Gasteiger partial charge in [0.05, 0.1) is 38.1 Å². The van der Waals surface area contributed by atoms with Crippen LogP contribution in [0.15, 0.2) is 78.9 Å². The van der Waals surface area contributed by atoms with Crippen molar-refractivity contribution < 1.29 is 28.1 Å². The van der Waals surface area contributed by atoms with Crippen LogP contribution in [0.5, 0.6) is 0 Å². The van der Waals surface area contributed by atoms with E-state index in [0.29, 0.717) is 39.5 Å². The molecule has 2 atom stereocenters. The van der Waals surface area contributed by atoms with Gasteiger partial charge in [0, 0.05) is 26.2 Å². The van der Waals surface area contributed by atoms with Crippen LogP contribution in [0.4, 0.5) is 8.78 Å². The van der Waals surface area contributed by atoms with Crippen molar-refractivity contribution in [3.05, 3.63) is 107 Å². The van der Waals surface area contributed by atoms with Gasteiger partial charge in [0.25, 0.3) is 0 Å². The van der Waals surface area contributed by atoms with Gasteiger partial charge in [-0.2, -0.15) is 0 Å². The van der Waals surface area contributed by atoms with Crippen LogP contribution in [0.25, 0.3) is 0 Å². The van der Waals surface area contributed by atoms with E-state index < -0.39 is 12.0 Å². The van der Waals surface area contributed by atoms with Gasteiger partial charge in [0.1, 0.15) is 11.6 Å². The van der Waals surface area contributed by atoms with Crippen LogP contribution in [0.3, 0.4) is 0 Å². The Morgan fingerprint density at radius 2 is 1.42 bits per heavy atom. The molecule has 0 aromatic heterocycles. The fourth-order valence-corrected chi connectivity index (χ4v) is 5.38. The first-order valence-electron chi connectivity index (χ1n) is 13.1. The number of nitrogens with zero attached hydrogens (tertiary/aromatic N) is 2. The molecule has 1 N–H and O–H groups in total. The van der Waals surface area contributed by atoms with Crippen LogP contribution in [0, 0.1) is 11.6 Å². The van der Waals surface area contributed by atoms with Crippen LogP contribution < -0.4 is 0 Å². The fraction of sp³-hybridized carbons (Fsp3) is 0.400. The van der Waals surface area contributed by atoms with Gasteiger partial charge >= 0.3 is 0 Å². The first-order valence-corrected chi connectivity index (χ1v) is 13.1. The van der Waals surface area contributed by atoms with Crippen LogP contribution in [-0.4, -0.2) is 72.9 Å². The highest BCUT2D eigenvalue weighted by atomic mass is 19.1. The molecule has 0 bridgehead atoms. The van der Waals surface area contributed by atoms with E-state index in [1.807, 2.05) is 35.2 Å². The van der Waals surface area contributed by atoms with Crippen LogP contribution in [-0.2, 0) is 20.8 Å². The van der Waals surface area contributed by atoms with Crippen molar-refractivity contribution in [3.8, 4) is 0 Å². The summed E-state index contributed by atoms with van der Waals surface area (Å²) in [6, 6.07) is 22.5. The highest BCUT2D eigenvalue weighted by molar-refractivity contribution is 5.33. The zero-order valence-corrected chi connectivity index (χ0v) is 21.3. The average Bonchev–Trinajstić information content (AvgIpc) is 3.38. The number of rotatable bonds is 7. The first-order chi connectivity index (χ1) is 18.5. The lowest BCUT2D eigenvalue weighted by molar-refractivity contribution is -0.214. The van der Waals surface area contributed by atoms with E-state index in [2.05, 4.69) is 4.90 Å². The maximum atomic E-state index is 13.7. The summed E-state index contributed by atoms with van der Waals surface area (Å²) in [6.45, 7) is 3.92. The molecule has 38 heavy (non-hydrogen) atoms. The smallest absolute Gasteiger partial charge is 0.216 e. The number of aliphatic hydroxyl groups is 1. The maximum absolute atomic E-state index is 13.7. The molecule has 0 aliphatic carbocycles. The van der Waals surface area contributed by atoms with Crippen LogP contribution in [0.2, 0.25) is 0 Å². The molecule has 1 spiro atoms. The normalized spacial score (nSPS) is 22.3. The number of benzene rings is 3. The van der Waals surface area contributed by atoms with Gasteiger partial charge in [0.15, 0.2) is 0 Å². The number of hydrogen-bond acceptors (Lipinski definition) is 6. The Balaban J connectivity index is 1.36. The van der Waals surface area contributed by atoms with Gasteiger partial charge < -0.3 is 19.3 Å². The summed E-state index contributed by atoms with van der Waals surface area (Å²) in [5.74, 6) is -0.603. The molecule has 6 nitrogen and oxygen atoms in total. The highest BCUT2D eigenvalue weighted by Gasteiger charge is 2.44. The second-order valence-electron chi connectivity index (χ2n) is 9.96. The third kappa shape index (κ3) is 6.64. The average molecular weight is 525 g/mol. The zero-order chi connectivity index (χ0) is 26.4. The van der Waals surface area contributed by atoms with E-state index in [-0.39, 0.29) is 24.3 Å². The maximum Gasteiger partial charge on any atom is 0.216 e. The lowest BCUT2D eigenvalue weighted by Crippen LogP contribution is -2.51. The van der Waals surface area contributed by atoms with Crippen LogP contribution in [0.1, 0.15) is 29.2 Å². The number of aliphatic hydroxyl groups excluding tert-OH is 1. The van der Waals surface area contributed by atoms with Gasteiger partial charge in [-0.25, -0.2) is 8.78 Å². The van der Waals surface area contributed by atoms with Gasteiger partial charge in [-0.05, 0) is 47.4 Å². The zero-order valence-electron chi connectivity index (χ0n) is 21.3. The summed E-state index contributed by atoms with van der Waals surface area (Å²) in [5.41, 5.74) is 2.25. The molecule has 0 radical (unpaired) electrons. The number of hydrogen-bond donors (Lipinski definition) is 1. The molecule has 2 heterocycles. The Hall–Kier alpha value is -2.72. The summed E-state index contributed by atoms with van der Waals surface area (Å²) in [5, 5.41) is 11.0. The Morgan fingerprint density at radius 3 is 2.08 bits per heavy atom. The Morgan fingerprint density at radius 1 is 0.789 bits per heavy atom. The predicted molar refractivity (Wildman–Crippen MR) is 139 cm³/mol. The van der Waals surface area contributed by atoms with E-state index >= 15 is 0 Å². The van der Waals surface area contributed by atoms with Crippen molar-refractivity contribution in [2.45, 2.75) is 31.1 Å². The van der Waals surface area contributed by atoms with E-state index in [1.54, 1.807) is 24.3 Å². The molecule has 8 heteroatoms. The molecule has 2 aliphatic heterocycles. The van der Waals surface area contributed by atoms with Crippen molar-refractivity contribution in [1.82, 2.24) is 9.80 Å². The molecule has 2 fully saturated rings. The van der Waals surface area contributed by atoms with Crippen molar-refractivity contribution in [2.24, 2.45) is 0 Å². The molecular weight excluding hydrogens is 490 g/mol. The van der Waals surface area contributed by atoms with Crippen molar-refractivity contribution in [1.29, 1.82) is 0 Å². The summed E-state index contributed by atoms with van der Waals surface area (Å²) in [7, 11) is 0. The second kappa shape index (κ2) is 12.4. The lowest BCUT2D eigenvalue weighted by Gasteiger charge is -2.37. The Kier molecular flexibility index (Phi) is 8.79. The predicted octanol–water partition coefficient (Wildman–Crippen LogP) is 4.34. The summed E-state index contributed by atoms with van der Waals surface area (Å²) < 4.78 is 45.5. The van der Waals surface area contributed by atoms with E-state index in [9.17, 15) is 13.9 Å². The second-order valence-corrected chi connectivity index (χ2v) is 9.96. The SMILES string of the molecule is OC(OCc1ccccc1)N1CCOCCOC2(CCN(C(c3ccc(F)cc3)c3ccc(F)cc3)C2)C1. The molecule has 5 rings (SSSR count). The van der Waals surface area contributed by atoms with Gasteiger partial charge in [-0.3, -0.25) is 9.80 Å². The molecule has 3 aromatic rings. The molecule has 3 aromatic carbocycles. The van der Waals surface area contributed by atoms with Crippen molar-refractivity contribution in [2.75, 3.05) is 46.0 Å². The topological polar surface area (TPSA) is 54.4 Å². The third-order valence-electron chi connectivity index (χ3n) is 7.29. The third-order valence-corrected chi connectivity index (χ3v) is 7.29.